The highest BCUT2D eigenvalue weighted by Crippen LogP contribution is 2.43. The standard InChI is InChI=1S/C23H24FNO5/c1-5-29-19-11-14(6-9-18(19)30-12-20(27)25(3)4)10-15-13(2)21-16(24)7-8-17(26)22(21)23(15)28/h6-11,13,26H,5,12H2,1-4H3/b15-10-/t13-/m0/s1. The lowest BCUT2D eigenvalue weighted by atomic mass is 9.97. The first-order chi connectivity index (χ1) is 14.2. The molecular formula is C23H24FNO5. The van der Waals surface area contributed by atoms with Gasteiger partial charge in [-0.25, -0.2) is 4.39 Å². The van der Waals surface area contributed by atoms with Crippen molar-refractivity contribution in [2.75, 3.05) is 27.3 Å². The van der Waals surface area contributed by atoms with Gasteiger partial charge >= 0.3 is 0 Å². The van der Waals surface area contributed by atoms with Crippen LogP contribution in [-0.2, 0) is 4.79 Å². The van der Waals surface area contributed by atoms with Crippen LogP contribution in [0.15, 0.2) is 35.9 Å². The topological polar surface area (TPSA) is 76.1 Å². The number of aromatic hydroxyl groups is 1. The molecule has 1 aliphatic carbocycles. The summed E-state index contributed by atoms with van der Waals surface area (Å²) in [4.78, 5) is 26.0. The average Bonchev–Trinajstić information content (AvgIpc) is 2.96. The highest BCUT2D eigenvalue weighted by atomic mass is 19.1. The van der Waals surface area contributed by atoms with Crippen LogP contribution < -0.4 is 9.47 Å². The molecule has 0 aliphatic heterocycles. The van der Waals surface area contributed by atoms with Crippen LogP contribution in [0.2, 0.25) is 0 Å². The zero-order valence-electron chi connectivity index (χ0n) is 17.4. The second-order valence-corrected chi connectivity index (χ2v) is 7.22. The van der Waals surface area contributed by atoms with E-state index in [0.717, 1.165) is 6.07 Å². The minimum atomic E-state index is -0.517. The number of ketones is 1. The Morgan fingerprint density at radius 1 is 1.20 bits per heavy atom. The molecule has 0 unspecified atom stereocenters. The van der Waals surface area contributed by atoms with Gasteiger partial charge in [-0.05, 0) is 42.8 Å². The first-order valence-electron chi connectivity index (χ1n) is 9.62. The minimum absolute atomic E-state index is 0.0148. The second-order valence-electron chi connectivity index (χ2n) is 7.22. The number of halogens is 1. The van der Waals surface area contributed by atoms with Crippen LogP contribution in [0.5, 0.6) is 17.2 Å². The van der Waals surface area contributed by atoms with E-state index in [-0.39, 0.29) is 29.4 Å². The Bertz CT molecular complexity index is 1030. The third-order valence-electron chi connectivity index (χ3n) is 5.00. The van der Waals surface area contributed by atoms with Gasteiger partial charge in [0.05, 0.1) is 12.2 Å². The molecule has 0 heterocycles. The van der Waals surface area contributed by atoms with Gasteiger partial charge < -0.3 is 19.5 Å². The summed E-state index contributed by atoms with van der Waals surface area (Å²) >= 11 is 0. The average molecular weight is 413 g/mol. The second kappa shape index (κ2) is 8.57. The Balaban J connectivity index is 1.93. The maximum atomic E-state index is 14.3. The van der Waals surface area contributed by atoms with Crippen molar-refractivity contribution >= 4 is 17.8 Å². The van der Waals surface area contributed by atoms with Crippen LogP contribution in [-0.4, -0.2) is 49.0 Å². The summed E-state index contributed by atoms with van der Waals surface area (Å²) in [6.07, 6.45) is 1.66. The lowest BCUT2D eigenvalue weighted by Crippen LogP contribution is -2.27. The van der Waals surface area contributed by atoms with Crippen LogP contribution in [0.3, 0.4) is 0 Å². The lowest BCUT2D eigenvalue weighted by molar-refractivity contribution is -0.130. The molecule has 0 fully saturated rings. The van der Waals surface area contributed by atoms with E-state index in [1.54, 1.807) is 45.3 Å². The third-order valence-corrected chi connectivity index (χ3v) is 5.00. The summed E-state index contributed by atoms with van der Waals surface area (Å²) in [5.74, 6) is -0.982. The van der Waals surface area contributed by atoms with Crippen LogP contribution in [0, 0.1) is 5.82 Å². The normalized spacial score (nSPS) is 16.5. The number of nitrogens with zero attached hydrogens (tertiary/aromatic N) is 1. The summed E-state index contributed by atoms with van der Waals surface area (Å²) in [6, 6.07) is 7.44. The van der Waals surface area contributed by atoms with Crippen molar-refractivity contribution in [3.05, 3.63) is 58.4 Å². The summed E-state index contributed by atoms with van der Waals surface area (Å²) < 4.78 is 25.5. The van der Waals surface area contributed by atoms with Gasteiger partial charge in [0.1, 0.15) is 11.6 Å². The smallest absolute Gasteiger partial charge is 0.259 e. The van der Waals surface area contributed by atoms with E-state index in [4.69, 9.17) is 9.47 Å². The van der Waals surface area contributed by atoms with E-state index in [2.05, 4.69) is 0 Å². The lowest BCUT2D eigenvalue weighted by Gasteiger charge is -2.15. The summed E-state index contributed by atoms with van der Waals surface area (Å²) in [7, 11) is 3.28. The number of benzene rings is 2. The molecule has 0 bridgehead atoms. The number of likely N-dealkylation sites (N-methyl/N-ethyl adjacent to an activating group) is 1. The minimum Gasteiger partial charge on any atom is -0.507 e. The number of amides is 1. The first-order valence-corrected chi connectivity index (χ1v) is 9.62. The molecule has 0 saturated heterocycles. The van der Waals surface area contributed by atoms with Crippen LogP contribution in [0.1, 0.15) is 41.3 Å². The first kappa shape index (κ1) is 21.4. The van der Waals surface area contributed by atoms with E-state index in [9.17, 15) is 19.1 Å². The molecule has 2 aromatic carbocycles. The molecule has 6 nitrogen and oxygen atoms in total. The highest BCUT2D eigenvalue weighted by molar-refractivity contribution is 6.18. The number of allylic oxidation sites excluding steroid dienone is 1. The largest absolute Gasteiger partial charge is 0.507 e. The summed E-state index contributed by atoms with van der Waals surface area (Å²) in [6.45, 7) is 3.81. The zero-order valence-corrected chi connectivity index (χ0v) is 17.4. The van der Waals surface area contributed by atoms with E-state index in [1.807, 2.05) is 6.92 Å². The monoisotopic (exact) mass is 413 g/mol. The van der Waals surface area contributed by atoms with Gasteiger partial charge in [-0.2, -0.15) is 0 Å². The van der Waals surface area contributed by atoms with Crippen molar-refractivity contribution in [3.8, 4) is 17.2 Å². The van der Waals surface area contributed by atoms with Crippen molar-refractivity contribution in [3.63, 3.8) is 0 Å². The van der Waals surface area contributed by atoms with Gasteiger partial charge in [0.2, 0.25) is 0 Å². The Labute approximate surface area is 174 Å². The molecule has 30 heavy (non-hydrogen) atoms. The van der Waals surface area contributed by atoms with Crippen molar-refractivity contribution in [2.24, 2.45) is 0 Å². The van der Waals surface area contributed by atoms with E-state index < -0.39 is 17.5 Å². The number of hydrogen-bond acceptors (Lipinski definition) is 5. The summed E-state index contributed by atoms with van der Waals surface area (Å²) in [5.41, 5.74) is 1.26. The van der Waals surface area contributed by atoms with Gasteiger partial charge in [0.25, 0.3) is 5.91 Å². The van der Waals surface area contributed by atoms with Gasteiger partial charge in [-0.15, -0.1) is 0 Å². The predicted octanol–water partition coefficient (Wildman–Crippen LogP) is 3.78. The zero-order chi connectivity index (χ0) is 22.0. The SMILES string of the molecule is CCOc1cc(/C=C2\C(=O)c3c(O)ccc(F)c3[C@H]2C)ccc1OCC(=O)N(C)C. The van der Waals surface area contributed by atoms with Gasteiger partial charge in [0, 0.05) is 31.1 Å². The number of phenolic OH excluding ortho intramolecular Hbond substituents is 1. The number of fused-ring (bicyclic) bond motifs is 1. The van der Waals surface area contributed by atoms with Crippen molar-refractivity contribution < 1.29 is 28.6 Å². The molecular weight excluding hydrogens is 389 g/mol. The fourth-order valence-electron chi connectivity index (χ4n) is 3.38. The number of hydrogen-bond donors (Lipinski definition) is 1. The number of carbonyl (C=O) groups excluding carboxylic acids is 2. The van der Waals surface area contributed by atoms with Crippen LogP contribution in [0.25, 0.3) is 6.08 Å². The molecule has 158 valence electrons. The van der Waals surface area contributed by atoms with Gasteiger partial charge in [-0.1, -0.05) is 13.0 Å². The van der Waals surface area contributed by atoms with Gasteiger partial charge in [0.15, 0.2) is 23.9 Å². The molecule has 2 aromatic rings. The molecule has 1 atom stereocenters. The molecule has 1 N–H and O–H groups in total. The number of carbonyl (C=O) groups is 2. The Morgan fingerprint density at radius 2 is 1.93 bits per heavy atom. The molecule has 1 aliphatic rings. The number of Topliss-reactive ketones (excluding diaryl/α,β-unsaturated/α-hetero) is 1. The van der Waals surface area contributed by atoms with Gasteiger partial charge in [-0.3, -0.25) is 9.59 Å². The number of phenols is 1. The molecule has 3 rings (SSSR count). The Kier molecular flexibility index (Phi) is 6.10. The van der Waals surface area contributed by atoms with Crippen molar-refractivity contribution in [1.82, 2.24) is 4.90 Å². The Morgan fingerprint density at radius 3 is 2.57 bits per heavy atom. The summed E-state index contributed by atoms with van der Waals surface area (Å²) in [5, 5.41) is 10.0. The Hall–Kier alpha value is -3.35. The van der Waals surface area contributed by atoms with Crippen LogP contribution >= 0.6 is 0 Å². The molecule has 7 heteroatoms. The highest BCUT2D eigenvalue weighted by Gasteiger charge is 2.36. The van der Waals surface area contributed by atoms with Crippen LogP contribution in [0.4, 0.5) is 4.39 Å². The van der Waals surface area contributed by atoms with Crippen molar-refractivity contribution in [2.45, 2.75) is 19.8 Å². The molecule has 0 spiro atoms. The van der Waals surface area contributed by atoms with E-state index >= 15 is 0 Å². The molecule has 0 aromatic heterocycles. The quantitative estimate of drug-likeness (QED) is 0.730. The number of ether oxygens (including phenoxy) is 2. The molecule has 0 saturated carbocycles. The molecule has 1 amide bonds. The van der Waals surface area contributed by atoms with E-state index in [1.165, 1.54) is 11.0 Å². The van der Waals surface area contributed by atoms with Crippen molar-refractivity contribution in [1.29, 1.82) is 0 Å². The van der Waals surface area contributed by atoms with E-state index in [0.29, 0.717) is 29.2 Å². The third kappa shape index (κ3) is 4.01. The molecule has 0 radical (unpaired) electrons. The number of rotatable bonds is 6. The maximum Gasteiger partial charge on any atom is 0.259 e. The maximum absolute atomic E-state index is 14.3. The fraction of sp³-hybridized carbons (Fsp3) is 0.304. The predicted molar refractivity (Wildman–Crippen MR) is 111 cm³/mol. The fourth-order valence-corrected chi connectivity index (χ4v) is 3.38.